The van der Waals surface area contributed by atoms with Crippen LogP contribution in [0.2, 0.25) is 0 Å². The Morgan fingerprint density at radius 3 is 2.87 bits per heavy atom. The molecule has 5 heteroatoms. The summed E-state index contributed by atoms with van der Waals surface area (Å²) in [6, 6.07) is 4.48. The first-order valence-corrected chi connectivity index (χ1v) is 5.14. The lowest BCUT2D eigenvalue weighted by Gasteiger charge is -2.09. The highest BCUT2D eigenvalue weighted by atomic mass is 79.9. The minimum Gasteiger partial charge on any atom is -0.497 e. The number of halogens is 1. The number of aliphatic carboxylic acids is 1. The van der Waals surface area contributed by atoms with E-state index >= 15 is 0 Å². The van der Waals surface area contributed by atoms with E-state index in [9.17, 15) is 4.79 Å². The van der Waals surface area contributed by atoms with Gasteiger partial charge in [-0.3, -0.25) is 4.79 Å². The summed E-state index contributed by atoms with van der Waals surface area (Å²) in [6.45, 7) is 0. The summed E-state index contributed by atoms with van der Waals surface area (Å²) >= 11 is 3.33. The van der Waals surface area contributed by atoms with Crippen molar-refractivity contribution in [2.45, 2.75) is 12.5 Å². The predicted octanol–water partition coefficient (Wildman–Crippen LogP) is 1.41. The number of hydrogen-bond donors (Lipinski definition) is 2. The van der Waals surface area contributed by atoms with Crippen molar-refractivity contribution in [2.75, 3.05) is 7.11 Å². The predicted molar refractivity (Wildman–Crippen MR) is 60.0 cm³/mol. The highest BCUT2D eigenvalue weighted by Gasteiger charge is 2.14. The Morgan fingerprint density at radius 1 is 1.67 bits per heavy atom. The summed E-state index contributed by atoms with van der Waals surface area (Å²) in [5.41, 5.74) is 6.27. The molecule has 1 aromatic carbocycles. The van der Waals surface area contributed by atoms with E-state index in [-0.39, 0.29) is 6.42 Å². The first-order valence-electron chi connectivity index (χ1n) is 4.35. The fourth-order valence-corrected chi connectivity index (χ4v) is 1.57. The fraction of sp³-hybridized carbons (Fsp3) is 0.300. The summed E-state index contributed by atoms with van der Waals surface area (Å²) in [5.74, 6) is -0.324. The Hall–Kier alpha value is -1.07. The first-order chi connectivity index (χ1) is 7.04. The molecule has 4 nitrogen and oxygen atoms in total. The molecule has 15 heavy (non-hydrogen) atoms. The van der Waals surface area contributed by atoms with Crippen LogP contribution in [0.4, 0.5) is 0 Å². The Labute approximate surface area is 96.2 Å². The molecule has 0 aliphatic heterocycles. The minimum atomic E-state index is -1.01. The number of rotatable bonds is 4. The molecule has 0 aliphatic carbocycles. The number of nitrogens with two attached hydrogens (primary N) is 1. The molecule has 0 fully saturated rings. The molecule has 1 atom stereocenters. The topological polar surface area (TPSA) is 72.5 Å². The van der Waals surface area contributed by atoms with Crippen LogP contribution in [0.1, 0.15) is 5.56 Å². The molecular formula is C10H12BrNO3. The van der Waals surface area contributed by atoms with Crippen molar-refractivity contribution in [3.63, 3.8) is 0 Å². The Morgan fingerprint density at radius 2 is 2.33 bits per heavy atom. The van der Waals surface area contributed by atoms with Crippen LogP contribution in [-0.4, -0.2) is 24.2 Å². The number of hydrogen-bond acceptors (Lipinski definition) is 3. The summed E-state index contributed by atoms with van der Waals surface area (Å²) in [7, 11) is 1.56. The number of ether oxygens (including phenoxy) is 1. The molecule has 3 N–H and O–H groups in total. The summed E-state index contributed by atoms with van der Waals surface area (Å²) in [4.78, 5) is 10.6. The van der Waals surface area contributed by atoms with Crippen molar-refractivity contribution in [3.05, 3.63) is 28.2 Å². The molecule has 82 valence electrons. The van der Waals surface area contributed by atoms with Crippen LogP contribution in [0, 0.1) is 0 Å². The Bertz CT molecular complexity index is 368. The van der Waals surface area contributed by atoms with Gasteiger partial charge in [0.15, 0.2) is 0 Å². The normalized spacial score (nSPS) is 12.2. The number of carbonyl (C=O) groups is 1. The first kappa shape index (κ1) is 12.0. The maximum Gasteiger partial charge on any atom is 0.320 e. The summed E-state index contributed by atoms with van der Waals surface area (Å²) in [6.07, 6.45) is 0.271. The van der Waals surface area contributed by atoms with Crippen LogP contribution in [-0.2, 0) is 11.2 Å². The molecule has 0 saturated carbocycles. The van der Waals surface area contributed by atoms with Gasteiger partial charge < -0.3 is 15.6 Å². The minimum absolute atomic E-state index is 0.271. The summed E-state index contributed by atoms with van der Waals surface area (Å²) in [5, 5.41) is 8.69. The second-order valence-electron chi connectivity index (χ2n) is 3.11. The van der Waals surface area contributed by atoms with Gasteiger partial charge in [-0.2, -0.15) is 0 Å². The molecule has 0 aromatic heterocycles. The third-order valence-corrected chi connectivity index (χ3v) is 2.78. The molecule has 0 bridgehead atoms. The molecule has 1 rings (SSSR count). The lowest BCUT2D eigenvalue weighted by atomic mass is 10.1. The van der Waals surface area contributed by atoms with Gasteiger partial charge in [0.25, 0.3) is 0 Å². The van der Waals surface area contributed by atoms with Crippen molar-refractivity contribution in [2.24, 2.45) is 5.73 Å². The molecule has 1 unspecified atom stereocenters. The third-order valence-electron chi connectivity index (χ3n) is 2.01. The zero-order chi connectivity index (χ0) is 11.4. The van der Waals surface area contributed by atoms with Crippen LogP contribution >= 0.6 is 15.9 Å². The van der Waals surface area contributed by atoms with Crippen molar-refractivity contribution in [1.82, 2.24) is 0 Å². The molecule has 0 radical (unpaired) electrons. The van der Waals surface area contributed by atoms with Gasteiger partial charge in [-0.25, -0.2) is 0 Å². The van der Waals surface area contributed by atoms with Gasteiger partial charge in [0.05, 0.1) is 7.11 Å². The number of carboxylic acids is 1. The Kier molecular flexibility index (Phi) is 4.11. The van der Waals surface area contributed by atoms with Gasteiger partial charge in [-0.15, -0.1) is 0 Å². The lowest BCUT2D eigenvalue weighted by Crippen LogP contribution is -2.32. The number of methoxy groups -OCH3 is 1. The lowest BCUT2D eigenvalue weighted by molar-refractivity contribution is -0.138. The van der Waals surface area contributed by atoms with Crippen LogP contribution in [0.3, 0.4) is 0 Å². The highest BCUT2D eigenvalue weighted by Crippen LogP contribution is 2.23. The van der Waals surface area contributed by atoms with Gasteiger partial charge in [-0.05, 0) is 30.2 Å². The zero-order valence-electron chi connectivity index (χ0n) is 8.24. The van der Waals surface area contributed by atoms with E-state index in [1.807, 2.05) is 6.07 Å². The number of carboxylic acid groups (broad SMARTS) is 1. The van der Waals surface area contributed by atoms with E-state index in [1.165, 1.54) is 0 Å². The van der Waals surface area contributed by atoms with Gasteiger partial charge in [-0.1, -0.05) is 15.9 Å². The van der Waals surface area contributed by atoms with Gasteiger partial charge in [0.2, 0.25) is 0 Å². The fourth-order valence-electron chi connectivity index (χ4n) is 1.16. The highest BCUT2D eigenvalue weighted by molar-refractivity contribution is 9.10. The Balaban J connectivity index is 2.88. The number of benzene rings is 1. The SMILES string of the molecule is COc1ccc(Br)c(CC(N)C(=O)O)c1. The van der Waals surface area contributed by atoms with E-state index in [4.69, 9.17) is 15.6 Å². The second kappa shape index (κ2) is 5.14. The average molecular weight is 274 g/mol. The molecular weight excluding hydrogens is 262 g/mol. The van der Waals surface area contributed by atoms with Gasteiger partial charge >= 0.3 is 5.97 Å². The molecule has 0 amide bonds. The monoisotopic (exact) mass is 273 g/mol. The van der Waals surface area contributed by atoms with Crippen molar-refractivity contribution < 1.29 is 14.6 Å². The van der Waals surface area contributed by atoms with E-state index in [1.54, 1.807) is 19.2 Å². The van der Waals surface area contributed by atoms with Crippen LogP contribution in [0.15, 0.2) is 22.7 Å². The largest absolute Gasteiger partial charge is 0.497 e. The zero-order valence-corrected chi connectivity index (χ0v) is 9.82. The maximum atomic E-state index is 10.6. The summed E-state index contributed by atoms with van der Waals surface area (Å²) < 4.78 is 5.88. The molecule has 0 spiro atoms. The molecule has 0 saturated heterocycles. The molecule has 1 aromatic rings. The standard InChI is InChI=1S/C10H12BrNO3/c1-15-7-2-3-8(11)6(4-7)5-9(12)10(13)14/h2-4,9H,5,12H2,1H3,(H,13,14). The van der Waals surface area contributed by atoms with E-state index in [2.05, 4.69) is 15.9 Å². The average Bonchev–Trinajstić information content (AvgIpc) is 2.21. The van der Waals surface area contributed by atoms with Gasteiger partial charge in [0.1, 0.15) is 11.8 Å². The van der Waals surface area contributed by atoms with Crippen molar-refractivity contribution in [3.8, 4) is 5.75 Å². The van der Waals surface area contributed by atoms with E-state index < -0.39 is 12.0 Å². The third kappa shape index (κ3) is 3.21. The second-order valence-corrected chi connectivity index (χ2v) is 3.96. The van der Waals surface area contributed by atoms with Crippen LogP contribution < -0.4 is 10.5 Å². The molecule has 0 heterocycles. The van der Waals surface area contributed by atoms with Gasteiger partial charge in [0, 0.05) is 4.47 Å². The van der Waals surface area contributed by atoms with Crippen LogP contribution in [0.25, 0.3) is 0 Å². The maximum absolute atomic E-state index is 10.6. The molecule has 0 aliphatic rings. The van der Waals surface area contributed by atoms with E-state index in [0.29, 0.717) is 5.75 Å². The van der Waals surface area contributed by atoms with Crippen LogP contribution in [0.5, 0.6) is 5.75 Å². The smallest absolute Gasteiger partial charge is 0.320 e. The van der Waals surface area contributed by atoms with E-state index in [0.717, 1.165) is 10.0 Å². The van der Waals surface area contributed by atoms with Crippen molar-refractivity contribution >= 4 is 21.9 Å². The van der Waals surface area contributed by atoms with Crippen molar-refractivity contribution in [1.29, 1.82) is 0 Å². The quantitative estimate of drug-likeness (QED) is 0.870.